The van der Waals surface area contributed by atoms with Gasteiger partial charge in [-0.2, -0.15) is 0 Å². The second kappa shape index (κ2) is 15.9. The maximum Gasteiger partial charge on any atom is 0.145 e. The largest absolute Gasteiger partial charge is 0.330 e. The van der Waals surface area contributed by atoms with E-state index >= 15 is 0 Å². The Labute approximate surface area is 276 Å². The summed E-state index contributed by atoms with van der Waals surface area (Å²) in [6.07, 6.45) is 11.6. The van der Waals surface area contributed by atoms with Crippen molar-refractivity contribution >= 4 is 28.3 Å². The Bertz CT molecular complexity index is 1610. The third kappa shape index (κ3) is 7.67. The molecule has 1 aliphatic carbocycles. The van der Waals surface area contributed by atoms with Crippen LogP contribution in [0.4, 0.5) is 22.7 Å². The molecule has 0 aliphatic heterocycles. The Morgan fingerprint density at radius 1 is 0.587 bits per heavy atom. The second-order valence-corrected chi connectivity index (χ2v) is 12.0. The number of benzene rings is 5. The van der Waals surface area contributed by atoms with Gasteiger partial charge in [0.15, 0.2) is 0 Å². The third-order valence-corrected chi connectivity index (χ3v) is 8.39. The van der Waals surface area contributed by atoms with Gasteiger partial charge in [0.05, 0.1) is 0 Å². The zero-order valence-corrected chi connectivity index (χ0v) is 27.5. The van der Waals surface area contributed by atoms with Gasteiger partial charge in [0.2, 0.25) is 0 Å². The van der Waals surface area contributed by atoms with E-state index in [1.165, 1.54) is 41.5 Å². The van der Waals surface area contributed by atoms with Crippen LogP contribution in [-0.2, 0) is 0 Å². The molecule has 3 nitrogen and oxygen atoms in total. The highest BCUT2D eigenvalue weighted by molar-refractivity contribution is 5.82. The van der Waals surface area contributed by atoms with E-state index < -0.39 is 5.66 Å². The molecule has 6 rings (SSSR count). The number of para-hydroxylation sites is 2. The van der Waals surface area contributed by atoms with Crippen LogP contribution in [0.3, 0.4) is 0 Å². The van der Waals surface area contributed by atoms with Crippen molar-refractivity contribution in [1.82, 2.24) is 0 Å². The zero-order valence-electron chi connectivity index (χ0n) is 27.5. The van der Waals surface area contributed by atoms with Gasteiger partial charge in [0.1, 0.15) is 5.66 Å². The lowest BCUT2D eigenvalue weighted by Gasteiger charge is -2.52. The SMILES string of the molecule is CCCCCN.Cc1cccc(N(c2ccccc2)C2(N(c3ccccc3)c3cccc(C)c3)C=CC(c3ccccc3)=CC2)c1. The van der Waals surface area contributed by atoms with Crippen LogP contribution in [0, 0.1) is 13.8 Å². The molecule has 0 amide bonds. The molecule has 5 aromatic rings. The first-order valence-corrected chi connectivity index (χ1v) is 16.5. The average Bonchev–Trinajstić information content (AvgIpc) is 3.10. The van der Waals surface area contributed by atoms with E-state index in [-0.39, 0.29) is 0 Å². The summed E-state index contributed by atoms with van der Waals surface area (Å²) in [6.45, 7) is 7.36. The smallest absolute Gasteiger partial charge is 0.145 e. The van der Waals surface area contributed by atoms with Gasteiger partial charge in [0, 0.05) is 29.2 Å². The van der Waals surface area contributed by atoms with Crippen LogP contribution in [0.1, 0.15) is 49.3 Å². The van der Waals surface area contributed by atoms with E-state index in [0.717, 1.165) is 35.7 Å². The number of nitrogens with two attached hydrogens (primary N) is 1. The summed E-state index contributed by atoms with van der Waals surface area (Å²) in [5.74, 6) is 0. The molecule has 0 saturated carbocycles. The zero-order chi connectivity index (χ0) is 32.2. The molecule has 0 heterocycles. The molecular weight excluding hydrogens is 558 g/mol. The Morgan fingerprint density at radius 2 is 1.07 bits per heavy atom. The monoisotopic (exact) mass is 605 g/mol. The first-order chi connectivity index (χ1) is 22.6. The predicted octanol–water partition coefficient (Wildman–Crippen LogP) is 11.2. The van der Waals surface area contributed by atoms with Crippen LogP contribution in [0.2, 0.25) is 0 Å². The number of nitrogens with zero attached hydrogens (tertiary/aromatic N) is 2. The summed E-state index contributed by atoms with van der Waals surface area (Å²) in [6, 6.07) is 49.9. The minimum absolute atomic E-state index is 0.567. The molecule has 0 radical (unpaired) electrons. The van der Waals surface area contributed by atoms with Crippen LogP contribution in [0.5, 0.6) is 0 Å². The molecule has 0 atom stereocenters. The summed E-state index contributed by atoms with van der Waals surface area (Å²) in [5, 5.41) is 0. The molecule has 2 N–H and O–H groups in total. The van der Waals surface area contributed by atoms with Gasteiger partial charge in [-0.15, -0.1) is 0 Å². The van der Waals surface area contributed by atoms with Gasteiger partial charge in [-0.3, -0.25) is 0 Å². The lowest BCUT2D eigenvalue weighted by molar-refractivity contribution is 0.526. The van der Waals surface area contributed by atoms with Crippen LogP contribution < -0.4 is 15.5 Å². The fourth-order valence-corrected chi connectivity index (χ4v) is 6.17. The van der Waals surface area contributed by atoms with Crippen LogP contribution >= 0.6 is 0 Å². The molecule has 1 aliphatic rings. The minimum Gasteiger partial charge on any atom is -0.330 e. The molecule has 46 heavy (non-hydrogen) atoms. The van der Waals surface area contributed by atoms with Gasteiger partial charge < -0.3 is 15.5 Å². The first kappa shape index (κ1) is 32.5. The third-order valence-electron chi connectivity index (χ3n) is 8.39. The van der Waals surface area contributed by atoms with Crippen molar-refractivity contribution in [3.05, 3.63) is 174 Å². The maximum absolute atomic E-state index is 5.21. The number of hydrogen-bond donors (Lipinski definition) is 1. The fourth-order valence-electron chi connectivity index (χ4n) is 6.17. The highest BCUT2D eigenvalue weighted by Gasteiger charge is 2.43. The lowest BCUT2D eigenvalue weighted by Crippen LogP contribution is -2.57. The van der Waals surface area contributed by atoms with Crippen molar-refractivity contribution in [3.63, 3.8) is 0 Å². The topological polar surface area (TPSA) is 32.5 Å². The molecular formula is C43H47N3. The van der Waals surface area contributed by atoms with E-state index in [9.17, 15) is 0 Å². The van der Waals surface area contributed by atoms with Crippen molar-refractivity contribution in [3.8, 4) is 0 Å². The minimum atomic E-state index is -0.567. The Morgan fingerprint density at radius 3 is 1.46 bits per heavy atom. The summed E-state index contributed by atoms with van der Waals surface area (Å²) in [4.78, 5) is 5.01. The Kier molecular flexibility index (Phi) is 11.3. The van der Waals surface area contributed by atoms with Crippen molar-refractivity contribution in [2.45, 2.75) is 52.1 Å². The molecule has 0 fully saturated rings. The molecule has 0 aromatic heterocycles. The van der Waals surface area contributed by atoms with Crippen molar-refractivity contribution < 1.29 is 0 Å². The number of rotatable bonds is 10. The molecule has 0 spiro atoms. The van der Waals surface area contributed by atoms with E-state index in [1.54, 1.807) is 0 Å². The molecule has 0 bridgehead atoms. The second-order valence-electron chi connectivity index (χ2n) is 12.0. The summed E-state index contributed by atoms with van der Waals surface area (Å²) < 4.78 is 0. The normalized spacial score (nSPS) is 13.3. The number of allylic oxidation sites excluding steroid dienone is 2. The Hall–Kier alpha value is -4.86. The van der Waals surface area contributed by atoms with Crippen LogP contribution in [0.15, 0.2) is 158 Å². The number of aryl methyl sites for hydroxylation is 2. The number of unbranched alkanes of at least 4 members (excludes halogenated alkanes) is 2. The highest BCUT2D eigenvalue weighted by atomic mass is 15.4. The Balaban J connectivity index is 0.000000635. The van der Waals surface area contributed by atoms with Gasteiger partial charge in [-0.05, 0) is 104 Å². The van der Waals surface area contributed by atoms with Crippen LogP contribution in [0.25, 0.3) is 5.57 Å². The van der Waals surface area contributed by atoms with E-state index in [1.807, 2.05) is 0 Å². The average molecular weight is 606 g/mol. The first-order valence-electron chi connectivity index (χ1n) is 16.5. The molecule has 0 unspecified atom stereocenters. The molecule has 0 saturated heterocycles. The van der Waals surface area contributed by atoms with E-state index in [0.29, 0.717) is 0 Å². The summed E-state index contributed by atoms with van der Waals surface area (Å²) in [7, 11) is 0. The van der Waals surface area contributed by atoms with Crippen LogP contribution in [-0.4, -0.2) is 12.2 Å². The quantitative estimate of drug-likeness (QED) is 0.127. The van der Waals surface area contributed by atoms with Gasteiger partial charge in [-0.25, -0.2) is 0 Å². The molecule has 234 valence electrons. The predicted molar refractivity (Wildman–Crippen MR) is 199 cm³/mol. The summed E-state index contributed by atoms with van der Waals surface area (Å²) >= 11 is 0. The number of anilines is 4. The number of hydrogen-bond acceptors (Lipinski definition) is 3. The highest BCUT2D eigenvalue weighted by Crippen LogP contribution is 2.47. The molecule has 3 heteroatoms. The maximum atomic E-state index is 5.21. The van der Waals surface area contributed by atoms with Gasteiger partial charge in [0.25, 0.3) is 0 Å². The summed E-state index contributed by atoms with van der Waals surface area (Å²) in [5.41, 5.74) is 14.2. The van der Waals surface area contributed by atoms with Crippen molar-refractivity contribution in [2.75, 3.05) is 16.3 Å². The lowest BCUT2D eigenvalue weighted by atomic mass is 9.88. The van der Waals surface area contributed by atoms with Gasteiger partial charge >= 0.3 is 0 Å². The standard InChI is InChI=1S/C38H34N2.C5H13N/c1-30-14-12-22-36(28-30)39(34-18-8-4-9-19-34)38(26-24-33(25-27-38)32-16-6-3-7-17-32)40(35-20-10-5-11-21-35)37-23-13-15-31(2)29-37;1-2-3-4-5-6/h3-26,28-29H,27H2,1-2H3;2-6H2,1H3. The van der Waals surface area contributed by atoms with Crippen molar-refractivity contribution in [2.24, 2.45) is 5.73 Å². The van der Waals surface area contributed by atoms with E-state index in [4.69, 9.17) is 5.73 Å². The van der Waals surface area contributed by atoms with Crippen molar-refractivity contribution in [1.29, 1.82) is 0 Å². The van der Waals surface area contributed by atoms with Gasteiger partial charge in [-0.1, -0.05) is 123 Å². The molecule has 5 aromatic carbocycles. The fraction of sp³-hybridized carbons (Fsp3) is 0.209. The van der Waals surface area contributed by atoms with E-state index in [2.05, 4.69) is 188 Å².